The molecule has 2 atom stereocenters. The van der Waals surface area contributed by atoms with Crippen molar-refractivity contribution in [3.8, 4) is 0 Å². The van der Waals surface area contributed by atoms with Crippen LogP contribution in [-0.2, 0) is 9.53 Å². The van der Waals surface area contributed by atoms with Crippen LogP contribution in [0.5, 0.6) is 0 Å². The van der Waals surface area contributed by atoms with E-state index in [1.807, 2.05) is 0 Å². The summed E-state index contributed by atoms with van der Waals surface area (Å²) < 4.78 is 5.15. The Morgan fingerprint density at radius 2 is 1.27 bits per heavy atom. The van der Waals surface area contributed by atoms with Gasteiger partial charge in [-0.2, -0.15) is 0 Å². The average molecular weight is 372 g/mol. The monoisotopic (exact) mass is 371 g/mol. The van der Waals surface area contributed by atoms with E-state index in [-0.39, 0.29) is 12.0 Å². The van der Waals surface area contributed by atoms with Crippen LogP contribution >= 0.6 is 0 Å². The first-order chi connectivity index (χ1) is 12.6. The van der Waals surface area contributed by atoms with Gasteiger partial charge in [0.05, 0.1) is 0 Å². The van der Waals surface area contributed by atoms with E-state index in [2.05, 4.69) is 25.7 Å². The Bertz CT molecular complexity index is 313. The molecule has 0 rings (SSSR count). The fourth-order valence-corrected chi connectivity index (χ4v) is 3.31. The number of hydrogen-bond acceptors (Lipinski definition) is 4. The van der Waals surface area contributed by atoms with Gasteiger partial charge in [0.25, 0.3) is 0 Å². The van der Waals surface area contributed by atoms with E-state index in [1.165, 1.54) is 51.9 Å². The third-order valence-electron chi connectivity index (χ3n) is 4.93. The van der Waals surface area contributed by atoms with Crippen LogP contribution in [0.15, 0.2) is 0 Å². The number of ether oxygens (including phenoxy) is 1. The fraction of sp³-hybridized carbons (Fsp3) is 0.955. The molecule has 26 heavy (non-hydrogen) atoms. The molecule has 0 saturated heterocycles. The first kappa shape index (κ1) is 25.4. The maximum Gasteiger partial charge on any atom is 0.325 e. The van der Waals surface area contributed by atoms with Crippen molar-refractivity contribution in [3.63, 3.8) is 0 Å². The number of unbranched alkanes of at least 4 members (excludes halogenated alkanes) is 9. The number of carbonyl (C=O) groups is 1. The molecular weight excluding hydrogens is 326 g/mol. The number of aliphatic hydroxyl groups is 1. The molecule has 2 unspecified atom stereocenters. The van der Waals surface area contributed by atoms with E-state index in [0.29, 0.717) is 0 Å². The number of aliphatic hydroxyl groups excluding tert-OH is 1. The Kier molecular flexibility index (Phi) is 17.4. The molecule has 1 N–H and O–H groups in total. The molecule has 0 aromatic heterocycles. The Morgan fingerprint density at radius 3 is 1.73 bits per heavy atom. The molecular formula is C22H45NO3. The van der Waals surface area contributed by atoms with Crippen LogP contribution in [0.1, 0.15) is 111 Å². The average Bonchev–Trinajstić information content (AvgIpc) is 2.60. The minimum Gasteiger partial charge on any atom is -0.435 e. The van der Waals surface area contributed by atoms with Gasteiger partial charge in [0, 0.05) is 0 Å². The van der Waals surface area contributed by atoms with E-state index in [0.717, 1.165) is 51.6 Å². The van der Waals surface area contributed by atoms with Crippen LogP contribution in [0, 0.1) is 0 Å². The van der Waals surface area contributed by atoms with Crippen LogP contribution in [0.25, 0.3) is 0 Å². The molecule has 0 amide bonds. The first-order valence-corrected chi connectivity index (χ1v) is 11.2. The standard InChI is InChI=1S/C22H45NO3/c1-5-8-11-12-13-14-15-16-17-21(22(25)26-20(4)24)23(18-9-6-2)19-10-7-3/h20-21,24H,5-19H2,1-4H3. The molecule has 0 bridgehead atoms. The third kappa shape index (κ3) is 13.6. The summed E-state index contributed by atoms with van der Waals surface area (Å²) in [5.41, 5.74) is 0. The topological polar surface area (TPSA) is 49.8 Å². The molecule has 4 heteroatoms. The van der Waals surface area contributed by atoms with Gasteiger partial charge in [-0.05, 0) is 39.3 Å². The summed E-state index contributed by atoms with van der Waals surface area (Å²) in [6, 6.07) is -0.206. The Hall–Kier alpha value is -0.610. The van der Waals surface area contributed by atoms with E-state index in [4.69, 9.17) is 4.74 Å². The van der Waals surface area contributed by atoms with E-state index in [9.17, 15) is 9.90 Å². The SMILES string of the molecule is CCCCCCCCCCC(C(=O)OC(C)O)N(CCCC)CCCC. The van der Waals surface area contributed by atoms with Crippen LogP contribution < -0.4 is 0 Å². The smallest absolute Gasteiger partial charge is 0.325 e. The van der Waals surface area contributed by atoms with E-state index >= 15 is 0 Å². The second-order valence-electron chi connectivity index (χ2n) is 7.56. The number of rotatable bonds is 18. The Labute approximate surface area is 162 Å². The molecule has 0 aromatic rings. The molecule has 0 aliphatic rings. The Morgan fingerprint density at radius 1 is 0.808 bits per heavy atom. The second-order valence-corrected chi connectivity index (χ2v) is 7.56. The van der Waals surface area contributed by atoms with Crippen molar-refractivity contribution in [2.45, 2.75) is 123 Å². The summed E-state index contributed by atoms with van der Waals surface area (Å²) in [6.45, 7) is 9.99. The number of hydrogen-bond donors (Lipinski definition) is 1. The third-order valence-corrected chi connectivity index (χ3v) is 4.93. The van der Waals surface area contributed by atoms with Gasteiger partial charge in [0.2, 0.25) is 0 Å². The lowest BCUT2D eigenvalue weighted by atomic mass is 10.0. The van der Waals surface area contributed by atoms with Crippen LogP contribution in [0.3, 0.4) is 0 Å². The van der Waals surface area contributed by atoms with Gasteiger partial charge in [-0.3, -0.25) is 9.69 Å². The highest BCUT2D eigenvalue weighted by molar-refractivity contribution is 5.75. The first-order valence-electron chi connectivity index (χ1n) is 11.2. The lowest BCUT2D eigenvalue weighted by molar-refractivity contribution is -0.171. The largest absolute Gasteiger partial charge is 0.435 e. The summed E-state index contributed by atoms with van der Waals surface area (Å²) in [5, 5.41) is 9.46. The van der Waals surface area contributed by atoms with Gasteiger partial charge in [-0.15, -0.1) is 0 Å². The molecule has 0 spiro atoms. The van der Waals surface area contributed by atoms with E-state index in [1.54, 1.807) is 0 Å². The summed E-state index contributed by atoms with van der Waals surface area (Å²) in [6.07, 6.45) is 14.4. The lowest BCUT2D eigenvalue weighted by Gasteiger charge is -2.30. The van der Waals surface area contributed by atoms with Gasteiger partial charge in [-0.25, -0.2) is 0 Å². The highest BCUT2D eigenvalue weighted by Gasteiger charge is 2.27. The molecule has 0 aliphatic carbocycles. The van der Waals surface area contributed by atoms with Crippen molar-refractivity contribution in [3.05, 3.63) is 0 Å². The molecule has 0 heterocycles. The molecule has 156 valence electrons. The van der Waals surface area contributed by atoms with Gasteiger partial charge in [0.1, 0.15) is 6.04 Å². The highest BCUT2D eigenvalue weighted by atomic mass is 16.6. The van der Waals surface area contributed by atoms with Gasteiger partial charge >= 0.3 is 5.97 Å². The van der Waals surface area contributed by atoms with Crippen molar-refractivity contribution < 1.29 is 14.6 Å². The van der Waals surface area contributed by atoms with Gasteiger partial charge in [-0.1, -0.05) is 85.0 Å². The molecule has 0 radical (unpaired) electrons. The molecule has 0 fully saturated rings. The molecule has 0 aliphatic heterocycles. The summed E-state index contributed by atoms with van der Waals surface area (Å²) in [5.74, 6) is -0.254. The predicted octanol–water partition coefficient (Wildman–Crippen LogP) is 5.67. The van der Waals surface area contributed by atoms with Crippen LogP contribution in [0.2, 0.25) is 0 Å². The number of carbonyl (C=O) groups excluding carboxylic acids is 1. The Balaban J connectivity index is 4.48. The van der Waals surface area contributed by atoms with Crippen molar-refractivity contribution in [1.29, 1.82) is 0 Å². The fourth-order valence-electron chi connectivity index (χ4n) is 3.31. The van der Waals surface area contributed by atoms with Crippen molar-refractivity contribution in [2.75, 3.05) is 13.1 Å². The van der Waals surface area contributed by atoms with Crippen molar-refractivity contribution >= 4 is 5.97 Å². The van der Waals surface area contributed by atoms with E-state index < -0.39 is 6.29 Å². The zero-order valence-electron chi connectivity index (χ0n) is 18.0. The zero-order chi connectivity index (χ0) is 19.6. The van der Waals surface area contributed by atoms with Crippen LogP contribution in [-0.4, -0.2) is 41.4 Å². The molecule has 0 aromatic carbocycles. The number of nitrogens with zero attached hydrogens (tertiary/aromatic N) is 1. The van der Waals surface area contributed by atoms with Crippen molar-refractivity contribution in [1.82, 2.24) is 4.90 Å². The summed E-state index contributed by atoms with van der Waals surface area (Å²) in [7, 11) is 0. The minimum atomic E-state index is -1.03. The number of esters is 1. The maximum absolute atomic E-state index is 12.5. The normalized spacial score (nSPS) is 13.8. The molecule has 0 saturated carbocycles. The van der Waals surface area contributed by atoms with Crippen molar-refractivity contribution in [2.24, 2.45) is 0 Å². The zero-order valence-corrected chi connectivity index (χ0v) is 18.0. The summed E-state index contributed by atoms with van der Waals surface area (Å²) >= 11 is 0. The van der Waals surface area contributed by atoms with Gasteiger partial charge in [0.15, 0.2) is 6.29 Å². The lowest BCUT2D eigenvalue weighted by Crippen LogP contribution is -2.44. The second kappa shape index (κ2) is 17.8. The highest BCUT2D eigenvalue weighted by Crippen LogP contribution is 2.17. The summed E-state index contributed by atoms with van der Waals surface area (Å²) in [4.78, 5) is 14.8. The predicted molar refractivity (Wildman–Crippen MR) is 110 cm³/mol. The van der Waals surface area contributed by atoms with Gasteiger partial charge < -0.3 is 9.84 Å². The maximum atomic E-state index is 12.5. The molecule has 4 nitrogen and oxygen atoms in total. The minimum absolute atomic E-state index is 0.206. The van der Waals surface area contributed by atoms with Crippen LogP contribution in [0.4, 0.5) is 0 Å². The quantitative estimate of drug-likeness (QED) is 0.192.